The van der Waals surface area contributed by atoms with E-state index in [1.165, 1.54) is 28.5 Å². The quantitative estimate of drug-likeness (QED) is 0.783. The first-order valence-corrected chi connectivity index (χ1v) is 8.87. The van der Waals surface area contributed by atoms with E-state index < -0.39 is 0 Å². The van der Waals surface area contributed by atoms with Crippen LogP contribution < -0.4 is 0 Å². The van der Waals surface area contributed by atoms with Crippen molar-refractivity contribution in [3.05, 3.63) is 28.9 Å². The van der Waals surface area contributed by atoms with Crippen molar-refractivity contribution in [2.24, 2.45) is 0 Å². The van der Waals surface area contributed by atoms with Gasteiger partial charge in [-0.3, -0.25) is 4.79 Å². The Balaban J connectivity index is 1.57. The van der Waals surface area contributed by atoms with Crippen LogP contribution >= 0.6 is 11.5 Å². The highest BCUT2D eigenvalue weighted by molar-refractivity contribution is 7.07. The van der Waals surface area contributed by atoms with E-state index in [9.17, 15) is 9.18 Å². The number of aromatic nitrogens is 1. The Hall–Kier alpha value is -1.53. The number of piperidine rings is 1. The summed E-state index contributed by atoms with van der Waals surface area (Å²) in [5.74, 6) is 0.127. The van der Waals surface area contributed by atoms with Crippen molar-refractivity contribution >= 4 is 28.4 Å². The molecule has 0 spiro atoms. The zero-order valence-corrected chi connectivity index (χ0v) is 14.1. The third-order valence-corrected chi connectivity index (χ3v) is 5.40. The van der Waals surface area contributed by atoms with Gasteiger partial charge in [0, 0.05) is 22.9 Å². The molecule has 2 aromatic rings. The van der Waals surface area contributed by atoms with Crippen LogP contribution in [0.2, 0.25) is 0 Å². The standard InChI is InChI=1S/C17H21FN2O2S/c1-2-22-16(21)7-10-20-8-5-12(6-9-20)17-14-4-3-13(18)11-15(14)19-23-17/h3-4,11-12H,2,5-10H2,1H3. The SMILES string of the molecule is CCOC(=O)CCN1CCC(c2snc3cc(F)ccc23)CC1. The Morgan fingerprint density at radius 2 is 2.22 bits per heavy atom. The molecule has 1 fully saturated rings. The average Bonchev–Trinajstić information content (AvgIpc) is 2.96. The summed E-state index contributed by atoms with van der Waals surface area (Å²) < 4.78 is 22.6. The molecule has 124 valence electrons. The lowest BCUT2D eigenvalue weighted by atomic mass is 9.93. The predicted molar refractivity (Wildman–Crippen MR) is 89.2 cm³/mol. The van der Waals surface area contributed by atoms with Gasteiger partial charge < -0.3 is 9.64 Å². The normalized spacial score (nSPS) is 16.8. The zero-order valence-electron chi connectivity index (χ0n) is 13.3. The van der Waals surface area contributed by atoms with Crippen molar-refractivity contribution in [1.29, 1.82) is 0 Å². The summed E-state index contributed by atoms with van der Waals surface area (Å²) in [7, 11) is 0. The molecule has 1 aromatic carbocycles. The van der Waals surface area contributed by atoms with Gasteiger partial charge in [-0.2, -0.15) is 4.37 Å². The Kier molecular flexibility index (Phi) is 5.23. The number of halogens is 1. The molecule has 4 nitrogen and oxygen atoms in total. The first-order chi connectivity index (χ1) is 11.2. The zero-order chi connectivity index (χ0) is 16.2. The molecular weight excluding hydrogens is 315 g/mol. The second-order valence-electron chi connectivity index (χ2n) is 5.88. The Morgan fingerprint density at radius 1 is 1.43 bits per heavy atom. The highest BCUT2D eigenvalue weighted by Crippen LogP contribution is 2.36. The molecule has 2 heterocycles. The van der Waals surface area contributed by atoms with Crippen LogP contribution in [-0.4, -0.2) is 41.5 Å². The Labute approximate surface area is 139 Å². The van der Waals surface area contributed by atoms with Crippen molar-refractivity contribution in [2.75, 3.05) is 26.2 Å². The third-order valence-electron chi connectivity index (χ3n) is 4.36. The Bertz CT molecular complexity index is 680. The van der Waals surface area contributed by atoms with E-state index in [4.69, 9.17) is 4.74 Å². The number of hydrogen-bond acceptors (Lipinski definition) is 5. The van der Waals surface area contributed by atoms with Crippen molar-refractivity contribution in [3.8, 4) is 0 Å². The van der Waals surface area contributed by atoms with Crippen LogP contribution in [0.1, 0.15) is 37.0 Å². The minimum absolute atomic E-state index is 0.120. The lowest BCUT2D eigenvalue weighted by molar-refractivity contribution is -0.143. The van der Waals surface area contributed by atoms with E-state index in [0.29, 0.717) is 18.9 Å². The number of carbonyl (C=O) groups excluding carboxylic acids is 1. The minimum Gasteiger partial charge on any atom is -0.466 e. The van der Waals surface area contributed by atoms with Crippen molar-refractivity contribution < 1.29 is 13.9 Å². The van der Waals surface area contributed by atoms with Crippen LogP contribution in [0.25, 0.3) is 10.9 Å². The van der Waals surface area contributed by atoms with Crippen LogP contribution in [0.5, 0.6) is 0 Å². The van der Waals surface area contributed by atoms with Gasteiger partial charge in [0.1, 0.15) is 5.82 Å². The fourth-order valence-corrected chi connectivity index (χ4v) is 4.14. The third kappa shape index (κ3) is 3.87. The summed E-state index contributed by atoms with van der Waals surface area (Å²) in [4.78, 5) is 15.0. The number of fused-ring (bicyclic) bond motifs is 1. The largest absolute Gasteiger partial charge is 0.466 e. The van der Waals surface area contributed by atoms with Gasteiger partial charge in [0.15, 0.2) is 0 Å². The molecule has 1 saturated heterocycles. The second-order valence-corrected chi connectivity index (χ2v) is 6.68. The van der Waals surface area contributed by atoms with Crippen molar-refractivity contribution in [3.63, 3.8) is 0 Å². The number of carbonyl (C=O) groups is 1. The van der Waals surface area contributed by atoms with E-state index in [-0.39, 0.29) is 11.8 Å². The van der Waals surface area contributed by atoms with Gasteiger partial charge in [-0.25, -0.2) is 4.39 Å². The summed E-state index contributed by atoms with van der Waals surface area (Å²) in [6.07, 6.45) is 2.57. The summed E-state index contributed by atoms with van der Waals surface area (Å²) in [5, 5.41) is 1.08. The van der Waals surface area contributed by atoms with Gasteiger partial charge in [-0.15, -0.1) is 0 Å². The van der Waals surface area contributed by atoms with Crippen molar-refractivity contribution in [1.82, 2.24) is 9.27 Å². The van der Waals surface area contributed by atoms with Crippen LogP contribution in [-0.2, 0) is 9.53 Å². The summed E-state index contributed by atoms with van der Waals surface area (Å²) in [6, 6.07) is 4.86. The molecule has 0 bridgehead atoms. The molecule has 0 radical (unpaired) electrons. The first kappa shape index (κ1) is 16.3. The number of esters is 1. The number of nitrogens with zero attached hydrogens (tertiary/aromatic N) is 2. The molecule has 6 heteroatoms. The van der Waals surface area contributed by atoms with Gasteiger partial charge in [0.05, 0.1) is 18.5 Å². The topological polar surface area (TPSA) is 42.4 Å². The number of benzene rings is 1. The van der Waals surface area contributed by atoms with Crippen LogP contribution in [0.4, 0.5) is 4.39 Å². The maximum atomic E-state index is 13.3. The fraction of sp³-hybridized carbons (Fsp3) is 0.529. The molecule has 0 aliphatic carbocycles. The average molecular weight is 336 g/mol. The van der Waals surface area contributed by atoms with E-state index in [2.05, 4.69) is 9.27 Å². The number of ether oxygens (including phenoxy) is 1. The van der Waals surface area contributed by atoms with Gasteiger partial charge in [-0.1, -0.05) is 0 Å². The summed E-state index contributed by atoms with van der Waals surface area (Å²) >= 11 is 1.49. The molecule has 0 saturated carbocycles. The number of hydrogen-bond donors (Lipinski definition) is 0. The molecule has 0 N–H and O–H groups in total. The van der Waals surface area contributed by atoms with E-state index in [1.54, 1.807) is 0 Å². The summed E-state index contributed by atoms with van der Waals surface area (Å²) in [5.41, 5.74) is 0.759. The second kappa shape index (κ2) is 7.36. The molecule has 1 aliphatic rings. The van der Waals surface area contributed by atoms with Crippen molar-refractivity contribution in [2.45, 2.75) is 32.1 Å². The fourth-order valence-electron chi connectivity index (χ4n) is 3.13. The molecule has 1 aliphatic heterocycles. The molecule has 0 unspecified atom stereocenters. The van der Waals surface area contributed by atoms with E-state index in [1.807, 2.05) is 13.0 Å². The minimum atomic E-state index is -0.233. The van der Waals surface area contributed by atoms with Crippen LogP contribution in [0.15, 0.2) is 18.2 Å². The van der Waals surface area contributed by atoms with E-state index >= 15 is 0 Å². The molecule has 23 heavy (non-hydrogen) atoms. The molecule has 0 atom stereocenters. The van der Waals surface area contributed by atoms with Crippen LogP contribution in [0.3, 0.4) is 0 Å². The first-order valence-electron chi connectivity index (χ1n) is 8.10. The Morgan fingerprint density at radius 3 is 2.96 bits per heavy atom. The predicted octanol–water partition coefficient (Wildman–Crippen LogP) is 3.57. The van der Waals surface area contributed by atoms with Gasteiger partial charge in [0.2, 0.25) is 0 Å². The molecular formula is C17H21FN2O2S. The number of likely N-dealkylation sites (tertiary alicyclic amines) is 1. The lowest BCUT2D eigenvalue weighted by Gasteiger charge is -2.31. The van der Waals surface area contributed by atoms with Gasteiger partial charge >= 0.3 is 5.97 Å². The maximum Gasteiger partial charge on any atom is 0.307 e. The summed E-state index contributed by atoms with van der Waals surface area (Å²) in [6.45, 7) is 4.99. The highest BCUT2D eigenvalue weighted by Gasteiger charge is 2.24. The van der Waals surface area contributed by atoms with Gasteiger partial charge in [0.25, 0.3) is 0 Å². The molecule has 1 aromatic heterocycles. The van der Waals surface area contributed by atoms with E-state index in [0.717, 1.165) is 43.4 Å². The van der Waals surface area contributed by atoms with Gasteiger partial charge in [-0.05, 0) is 62.4 Å². The monoisotopic (exact) mass is 336 g/mol. The molecule has 0 amide bonds. The smallest absolute Gasteiger partial charge is 0.307 e. The number of rotatable bonds is 5. The highest BCUT2D eigenvalue weighted by atomic mass is 32.1. The lowest BCUT2D eigenvalue weighted by Crippen LogP contribution is -2.34. The van der Waals surface area contributed by atoms with Crippen LogP contribution in [0, 0.1) is 5.82 Å². The molecule has 3 rings (SSSR count). The maximum absolute atomic E-state index is 13.3.